The Kier molecular flexibility index (Phi) is 8.72. The molecule has 0 aromatic heterocycles. The summed E-state index contributed by atoms with van der Waals surface area (Å²) >= 11 is 0. The van der Waals surface area contributed by atoms with E-state index < -0.39 is 17.7 Å². The average molecular weight is 529 g/mol. The summed E-state index contributed by atoms with van der Waals surface area (Å²) in [6.07, 6.45) is 0. The number of hydrogen-bond donors (Lipinski definition) is 1. The number of aliphatic hydroxyl groups is 1. The van der Waals surface area contributed by atoms with Crippen LogP contribution in [0.5, 0.6) is 11.5 Å². The summed E-state index contributed by atoms with van der Waals surface area (Å²) in [6.45, 7) is 5.34. The van der Waals surface area contributed by atoms with Crippen LogP contribution in [0.3, 0.4) is 0 Å². The molecule has 1 amide bonds. The summed E-state index contributed by atoms with van der Waals surface area (Å²) < 4.78 is 11.5. The van der Waals surface area contributed by atoms with Crippen molar-refractivity contribution in [2.45, 2.75) is 32.4 Å². The van der Waals surface area contributed by atoms with Gasteiger partial charge in [0.2, 0.25) is 0 Å². The van der Waals surface area contributed by atoms with Crippen molar-refractivity contribution in [1.82, 2.24) is 9.80 Å². The third-order valence-electron chi connectivity index (χ3n) is 6.88. The number of nitrogens with zero attached hydrogens (tertiary/aromatic N) is 2. The second-order valence-corrected chi connectivity index (χ2v) is 10.3. The minimum atomic E-state index is -0.755. The van der Waals surface area contributed by atoms with E-state index in [1.54, 1.807) is 19.2 Å². The minimum absolute atomic E-state index is 0.0684. The molecule has 0 radical (unpaired) electrons. The van der Waals surface area contributed by atoms with Gasteiger partial charge in [0.1, 0.15) is 23.9 Å². The lowest BCUT2D eigenvalue weighted by molar-refractivity contribution is -0.140. The second kappa shape index (κ2) is 12.2. The first-order valence-electron chi connectivity index (χ1n) is 13.1. The van der Waals surface area contributed by atoms with Crippen molar-refractivity contribution in [1.29, 1.82) is 0 Å². The van der Waals surface area contributed by atoms with E-state index in [4.69, 9.17) is 9.47 Å². The van der Waals surface area contributed by atoms with Gasteiger partial charge in [-0.2, -0.15) is 0 Å². The summed E-state index contributed by atoms with van der Waals surface area (Å²) in [5.74, 6) is -0.0884. The highest BCUT2D eigenvalue weighted by atomic mass is 16.5. The Labute approximate surface area is 230 Å². The van der Waals surface area contributed by atoms with Crippen molar-refractivity contribution in [3.63, 3.8) is 0 Å². The smallest absolute Gasteiger partial charge is 0.295 e. The Morgan fingerprint density at radius 1 is 1.00 bits per heavy atom. The summed E-state index contributed by atoms with van der Waals surface area (Å²) in [5, 5.41) is 11.5. The highest BCUT2D eigenvalue weighted by Crippen LogP contribution is 2.41. The molecular weight excluding hydrogens is 492 g/mol. The fraction of sp³-hybridized carbons (Fsp3) is 0.312. The number of likely N-dealkylation sites (N-methyl/N-ethyl adjacent to an activating group) is 1. The number of ether oxygens (including phenoxy) is 2. The number of amides is 1. The molecule has 1 saturated heterocycles. The van der Waals surface area contributed by atoms with Gasteiger partial charge in [-0.25, -0.2) is 0 Å². The first kappa shape index (κ1) is 27.9. The van der Waals surface area contributed by atoms with Gasteiger partial charge in [-0.05, 0) is 67.0 Å². The average Bonchev–Trinajstić information content (AvgIpc) is 3.19. The molecule has 0 bridgehead atoms. The third kappa shape index (κ3) is 6.15. The van der Waals surface area contributed by atoms with E-state index in [1.807, 2.05) is 93.5 Å². The van der Waals surface area contributed by atoms with Gasteiger partial charge >= 0.3 is 0 Å². The summed E-state index contributed by atoms with van der Waals surface area (Å²) in [5.41, 5.74) is 3.15. The SMILES string of the molecule is COc1ccc(/C(O)=C2\C(=O)C(=O)N(CCN(C)C)C2c2cccc(OCc3ccccc3)c2)cc1C(C)C. The first-order valence-corrected chi connectivity index (χ1v) is 13.1. The summed E-state index contributed by atoms with van der Waals surface area (Å²) in [6, 6.07) is 21.8. The molecule has 1 atom stereocenters. The molecule has 1 unspecified atom stereocenters. The van der Waals surface area contributed by atoms with E-state index in [0.29, 0.717) is 42.3 Å². The maximum Gasteiger partial charge on any atom is 0.295 e. The molecule has 3 aromatic rings. The molecule has 7 nitrogen and oxygen atoms in total. The number of likely N-dealkylation sites (tertiary alicyclic amines) is 1. The lowest BCUT2D eigenvalue weighted by Crippen LogP contribution is -2.35. The molecule has 1 N–H and O–H groups in total. The molecule has 0 saturated carbocycles. The van der Waals surface area contributed by atoms with Crippen LogP contribution in [0.1, 0.15) is 48.1 Å². The number of rotatable bonds is 10. The molecule has 0 spiro atoms. The molecule has 0 aliphatic carbocycles. The minimum Gasteiger partial charge on any atom is -0.507 e. The van der Waals surface area contributed by atoms with E-state index in [0.717, 1.165) is 11.1 Å². The Hall–Kier alpha value is -4.10. The molecule has 1 aliphatic rings. The zero-order chi connectivity index (χ0) is 28.1. The first-order chi connectivity index (χ1) is 18.7. The zero-order valence-electron chi connectivity index (χ0n) is 23.2. The molecule has 3 aromatic carbocycles. The van der Waals surface area contributed by atoms with Gasteiger partial charge < -0.3 is 24.4 Å². The van der Waals surface area contributed by atoms with E-state index >= 15 is 0 Å². The second-order valence-electron chi connectivity index (χ2n) is 10.3. The van der Waals surface area contributed by atoms with Crippen LogP contribution in [0.25, 0.3) is 5.76 Å². The van der Waals surface area contributed by atoms with Crippen LogP contribution in [0.4, 0.5) is 0 Å². The van der Waals surface area contributed by atoms with Gasteiger partial charge in [0, 0.05) is 18.7 Å². The largest absolute Gasteiger partial charge is 0.507 e. The van der Waals surface area contributed by atoms with Crippen LogP contribution in [-0.2, 0) is 16.2 Å². The third-order valence-corrected chi connectivity index (χ3v) is 6.88. The van der Waals surface area contributed by atoms with Crippen LogP contribution in [0.15, 0.2) is 78.4 Å². The highest BCUT2D eigenvalue weighted by molar-refractivity contribution is 6.46. The number of Topliss-reactive ketones (excluding diaryl/α,β-unsaturated/α-hetero) is 1. The standard InChI is InChI=1S/C32H36N2O5/c1-21(2)26-19-24(14-15-27(26)38-5)30(35)28-29(34(17-16-33(3)4)32(37)31(28)36)23-12-9-13-25(18-23)39-20-22-10-7-6-8-11-22/h6-15,18-19,21,29,35H,16-17,20H2,1-5H3/b30-28+. The number of aliphatic hydroxyl groups excluding tert-OH is 1. The fourth-order valence-corrected chi connectivity index (χ4v) is 4.77. The molecule has 39 heavy (non-hydrogen) atoms. The van der Waals surface area contributed by atoms with Crippen LogP contribution >= 0.6 is 0 Å². The lowest BCUT2D eigenvalue weighted by Gasteiger charge is -2.27. The molecule has 1 aliphatic heterocycles. The van der Waals surface area contributed by atoms with Crippen LogP contribution < -0.4 is 9.47 Å². The zero-order valence-corrected chi connectivity index (χ0v) is 23.2. The van der Waals surface area contributed by atoms with Gasteiger partial charge in [-0.15, -0.1) is 0 Å². The van der Waals surface area contributed by atoms with Crippen molar-refractivity contribution in [3.8, 4) is 11.5 Å². The van der Waals surface area contributed by atoms with E-state index in [-0.39, 0.29) is 17.3 Å². The number of carbonyl (C=O) groups is 2. The molecule has 1 heterocycles. The van der Waals surface area contributed by atoms with Gasteiger partial charge in [-0.3, -0.25) is 9.59 Å². The Bertz CT molecular complexity index is 1360. The Balaban J connectivity index is 1.78. The number of methoxy groups -OCH3 is 1. The quantitative estimate of drug-likeness (QED) is 0.216. The Morgan fingerprint density at radius 3 is 2.41 bits per heavy atom. The number of hydrogen-bond acceptors (Lipinski definition) is 6. The van der Waals surface area contributed by atoms with E-state index in [1.165, 1.54) is 4.90 Å². The van der Waals surface area contributed by atoms with Crippen molar-refractivity contribution in [3.05, 3.63) is 101 Å². The molecular formula is C32H36N2O5. The van der Waals surface area contributed by atoms with E-state index in [2.05, 4.69) is 0 Å². The topological polar surface area (TPSA) is 79.3 Å². The van der Waals surface area contributed by atoms with Gasteiger partial charge in [0.15, 0.2) is 0 Å². The predicted octanol–water partition coefficient (Wildman–Crippen LogP) is 5.38. The van der Waals surface area contributed by atoms with Gasteiger partial charge in [0.25, 0.3) is 11.7 Å². The van der Waals surface area contributed by atoms with Gasteiger partial charge in [0.05, 0.1) is 18.7 Å². The fourth-order valence-electron chi connectivity index (χ4n) is 4.77. The van der Waals surface area contributed by atoms with Gasteiger partial charge in [-0.1, -0.05) is 56.3 Å². The predicted molar refractivity (Wildman–Crippen MR) is 152 cm³/mol. The molecule has 4 rings (SSSR count). The lowest BCUT2D eigenvalue weighted by atomic mass is 9.93. The molecule has 7 heteroatoms. The van der Waals surface area contributed by atoms with Crippen molar-refractivity contribution < 1.29 is 24.2 Å². The molecule has 204 valence electrons. The highest BCUT2D eigenvalue weighted by Gasteiger charge is 2.46. The van der Waals surface area contributed by atoms with E-state index in [9.17, 15) is 14.7 Å². The summed E-state index contributed by atoms with van der Waals surface area (Å²) in [4.78, 5) is 30.2. The normalized spacial score (nSPS) is 16.8. The van der Waals surface area contributed by atoms with Crippen molar-refractivity contribution in [2.24, 2.45) is 0 Å². The number of carbonyl (C=O) groups excluding carboxylic acids is 2. The van der Waals surface area contributed by atoms with Crippen LogP contribution in [-0.4, -0.2) is 60.9 Å². The molecule has 1 fully saturated rings. The maximum atomic E-state index is 13.4. The Morgan fingerprint density at radius 2 is 1.74 bits per heavy atom. The summed E-state index contributed by atoms with van der Waals surface area (Å²) in [7, 11) is 5.42. The van der Waals surface area contributed by atoms with Crippen LogP contribution in [0, 0.1) is 0 Å². The number of benzene rings is 3. The number of ketones is 1. The monoisotopic (exact) mass is 528 g/mol. The maximum absolute atomic E-state index is 13.4. The van der Waals surface area contributed by atoms with Crippen molar-refractivity contribution >= 4 is 17.4 Å². The van der Waals surface area contributed by atoms with Crippen LogP contribution in [0.2, 0.25) is 0 Å². The van der Waals surface area contributed by atoms with Crippen molar-refractivity contribution in [2.75, 3.05) is 34.3 Å².